The van der Waals surface area contributed by atoms with Crippen molar-refractivity contribution in [2.24, 2.45) is 17.8 Å². The summed E-state index contributed by atoms with van der Waals surface area (Å²) in [6.07, 6.45) is 4.97. The molecule has 0 unspecified atom stereocenters. The highest BCUT2D eigenvalue weighted by Gasteiger charge is 2.74. The van der Waals surface area contributed by atoms with Crippen LogP contribution in [0.3, 0.4) is 0 Å². The van der Waals surface area contributed by atoms with E-state index in [-0.39, 0.29) is 24.0 Å². The van der Waals surface area contributed by atoms with Crippen LogP contribution in [0.1, 0.15) is 25.1 Å². The van der Waals surface area contributed by atoms with E-state index in [9.17, 15) is 14.4 Å². The number of piperidine rings is 1. The minimum atomic E-state index is -1.00. The second-order valence-electron chi connectivity index (χ2n) is 9.20. The van der Waals surface area contributed by atoms with Crippen LogP contribution in [0.25, 0.3) is 0 Å². The van der Waals surface area contributed by atoms with Crippen LogP contribution in [-0.4, -0.2) is 47.4 Å². The molecule has 1 aromatic carbocycles. The van der Waals surface area contributed by atoms with Crippen LogP contribution in [0.2, 0.25) is 0 Å². The lowest BCUT2D eigenvalue weighted by molar-refractivity contribution is -0.147. The van der Waals surface area contributed by atoms with Crippen LogP contribution in [0.4, 0.5) is 5.69 Å². The Bertz CT molecular complexity index is 1170. The molecule has 3 fully saturated rings. The third-order valence-corrected chi connectivity index (χ3v) is 7.59. The molecular formula is C25H24N2O6. The highest BCUT2D eigenvalue weighted by Crippen LogP contribution is 2.60. The zero-order chi connectivity index (χ0) is 22.9. The number of ketones is 1. The van der Waals surface area contributed by atoms with Crippen molar-refractivity contribution >= 4 is 23.3 Å². The largest absolute Gasteiger partial charge is 0.497 e. The Morgan fingerprint density at radius 2 is 2.09 bits per heavy atom. The molecule has 1 aromatic heterocycles. The number of amides is 2. The van der Waals surface area contributed by atoms with E-state index in [2.05, 4.69) is 5.32 Å². The van der Waals surface area contributed by atoms with Gasteiger partial charge in [0.05, 0.1) is 43.4 Å². The van der Waals surface area contributed by atoms with Gasteiger partial charge in [-0.25, -0.2) is 0 Å². The molecule has 2 amide bonds. The maximum Gasteiger partial charge on any atom is 0.231 e. The lowest BCUT2D eigenvalue weighted by atomic mass is 9.70. The fourth-order valence-corrected chi connectivity index (χ4v) is 6.19. The molecule has 7 atom stereocenters. The molecular weight excluding hydrogens is 424 g/mol. The molecule has 8 nitrogen and oxygen atoms in total. The predicted octanol–water partition coefficient (Wildman–Crippen LogP) is 2.73. The van der Waals surface area contributed by atoms with Crippen molar-refractivity contribution in [3.05, 3.63) is 60.6 Å². The van der Waals surface area contributed by atoms with E-state index in [1.54, 1.807) is 54.7 Å². The lowest BCUT2D eigenvalue weighted by Gasteiger charge is -2.43. The minimum Gasteiger partial charge on any atom is -0.497 e. The number of carbonyl (C=O) groups is 3. The van der Waals surface area contributed by atoms with Gasteiger partial charge in [-0.15, -0.1) is 0 Å². The second-order valence-corrected chi connectivity index (χ2v) is 9.20. The summed E-state index contributed by atoms with van der Waals surface area (Å²) < 4.78 is 17.2. The number of rotatable bonds is 4. The first-order valence-corrected chi connectivity index (χ1v) is 11.1. The van der Waals surface area contributed by atoms with Crippen molar-refractivity contribution in [2.45, 2.75) is 37.1 Å². The summed E-state index contributed by atoms with van der Waals surface area (Å²) in [7, 11) is 1.56. The van der Waals surface area contributed by atoms with Gasteiger partial charge in [-0.1, -0.05) is 25.1 Å². The fourth-order valence-electron chi connectivity index (χ4n) is 6.19. The first kappa shape index (κ1) is 20.2. The Balaban J connectivity index is 1.37. The summed E-state index contributed by atoms with van der Waals surface area (Å²) in [6, 6.07) is 9.62. The van der Waals surface area contributed by atoms with Crippen LogP contribution in [0.15, 0.2) is 59.2 Å². The highest BCUT2D eigenvalue weighted by molar-refractivity contribution is 6.00. The average molecular weight is 448 g/mol. The number of methoxy groups -OCH3 is 1. The zero-order valence-electron chi connectivity index (χ0n) is 18.3. The number of carbonyl (C=O) groups excluding carboxylic acids is 3. The topological polar surface area (TPSA) is 98.1 Å². The number of hydrogen-bond acceptors (Lipinski definition) is 6. The fraction of sp³-hybridized carbons (Fsp3) is 0.400. The molecule has 33 heavy (non-hydrogen) atoms. The van der Waals surface area contributed by atoms with E-state index in [0.717, 1.165) is 0 Å². The molecule has 170 valence electrons. The molecule has 0 aliphatic carbocycles. The predicted molar refractivity (Wildman–Crippen MR) is 116 cm³/mol. The first-order valence-electron chi connectivity index (χ1n) is 11.1. The summed E-state index contributed by atoms with van der Waals surface area (Å²) >= 11 is 0. The van der Waals surface area contributed by atoms with Crippen LogP contribution in [0.5, 0.6) is 5.75 Å². The Kier molecular flexibility index (Phi) is 4.32. The molecule has 2 bridgehead atoms. The molecule has 1 spiro atoms. The molecule has 0 radical (unpaired) electrons. The van der Waals surface area contributed by atoms with Gasteiger partial charge >= 0.3 is 0 Å². The smallest absolute Gasteiger partial charge is 0.231 e. The van der Waals surface area contributed by atoms with Gasteiger partial charge in [0, 0.05) is 24.1 Å². The molecule has 6 rings (SSSR count). The molecule has 0 saturated carbocycles. The number of ether oxygens (including phenoxy) is 2. The summed E-state index contributed by atoms with van der Waals surface area (Å²) in [5.41, 5.74) is -0.418. The Hall–Kier alpha value is -3.39. The maximum absolute atomic E-state index is 13.9. The summed E-state index contributed by atoms with van der Waals surface area (Å²) in [5, 5.41) is 2.92. The van der Waals surface area contributed by atoms with E-state index in [1.165, 1.54) is 0 Å². The van der Waals surface area contributed by atoms with Gasteiger partial charge in [0.1, 0.15) is 22.9 Å². The van der Waals surface area contributed by atoms with Crippen molar-refractivity contribution in [2.75, 3.05) is 12.4 Å². The van der Waals surface area contributed by atoms with Gasteiger partial charge < -0.3 is 24.1 Å². The van der Waals surface area contributed by atoms with E-state index in [1.807, 2.05) is 19.1 Å². The maximum atomic E-state index is 13.9. The molecule has 3 saturated heterocycles. The highest BCUT2D eigenvalue weighted by atomic mass is 16.5. The lowest BCUT2D eigenvalue weighted by Crippen LogP contribution is -2.55. The van der Waals surface area contributed by atoms with E-state index in [4.69, 9.17) is 13.9 Å². The van der Waals surface area contributed by atoms with Gasteiger partial charge in [0.15, 0.2) is 0 Å². The van der Waals surface area contributed by atoms with Crippen molar-refractivity contribution in [3.8, 4) is 5.75 Å². The van der Waals surface area contributed by atoms with Gasteiger partial charge in [-0.05, 0) is 24.3 Å². The number of Topliss-reactive ketones (excluding diaryl/α,β-unsaturated/α-hetero) is 1. The third-order valence-electron chi connectivity index (χ3n) is 7.59. The van der Waals surface area contributed by atoms with Gasteiger partial charge in [-0.3, -0.25) is 14.4 Å². The normalized spacial score (nSPS) is 36.1. The number of anilines is 1. The van der Waals surface area contributed by atoms with E-state index in [0.29, 0.717) is 17.2 Å². The van der Waals surface area contributed by atoms with Crippen LogP contribution < -0.4 is 10.1 Å². The van der Waals surface area contributed by atoms with Crippen molar-refractivity contribution in [3.63, 3.8) is 0 Å². The van der Waals surface area contributed by atoms with Crippen molar-refractivity contribution in [1.29, 1.82) is 0 Å². The first-order chi connectivity index (χ1) is 15.9. The summed E-state index contributed by atoms with van der Waals surface area (Å²) in [4.78, 5) is 42.0. The van der Waals surface area contributed by atoms with Gasteiger partial charge in [0.2, 0.25) is 11.8 Å². The number of benzene rings is 1. The van der Waals surface area contributed by atoms with E-state index < -0.39 is 41.5 Å². The molecule has 5 heterocycles. The minimum absolute atomic E-state index is 0.0604. The summed E-state index contributed by atoms with van der Waals surface area (Å²) in [6.45, 7) is 1.84. The SMILES string of the molecule is COc1cccc(NC(=O)[C@@H]2[C@@H]3C=C[C@]4(O3)[C@@H]2C(=O)N2[C@H](c3ccco3)CC(=O)[C@@H](C)[C@@H]24)c1. The molecule has 4 aliphatic rings. The van der Waals surface area contributed by atoms with E-state index >= 15 is 0 Å². The quantitative estimate of drug-likeness (QED) is 0.723. The summed E-state index contributed by atoms with van der Waals surface area (Å²) in [5.74, 6) is -1.01. The number of furan rings is 1. The number of nitrogens with zero attached hydrogens (tertiary/aromatic N) is 1. The van der Waals surface area contributed by atoms with Crippen LogP contribution in [0, 0.1) is 17.8 Å². The average Bonchev–Trinajstić information content (AvgIpc) is 3.58. The van der Waals surface area contributed by atoms with Gasteiger partial charge in [-0.2, -0.15) is 0 Å². The van der Waals surface area contributed by atoms with Crippen molar-refractivity contribution < 1.29 is 28.3 Å². The number of nitrogens with one attached hydrogen (secondary N) is 1. The monoisotopic (exact) mass is 448 g/mol. The molecule has 8 heteroatoms. The Morgan fingerprint density at radius 1 is 1.24 bits per heavy atom. The third kappa shape index (κ3) is 2.70. The molecule has 1 N–H and O–H groups in total. The van der Waals surface area contributed by atoms with Crippen molar-refractivity contribution in [1.82, 2.24) is 4.90 Å². The standard InChI is InChI=1S/C25H24N2O6/c1-13-17(28)12-16(18-7-4-10-32-18)27-22(13)25-9-8-19(33-25)20(21(25)24(27)30)23(29)26-14-5-3-6-15(11-14)31-2/h3-11,13,16,19-22H,12H2,1-2H3,(H,26,29)/t13-,16+,19+,20-,21+,22-,25+/m1/s1. The number of hydrogen-bond donors (Lipinski definition) is 1. The van der Waals surface area contributed by atoms with Gasteiger partial charge in [0.25, 0.3) is 0 Å². The van der Waals surface area contributed by atoms with Crippen LogP contribution in [-0.2, 0) is 19.1 Å². The van der Waals surface area contributed by atoms with Crippen LogP contribution >= 0.6 is 0 Å². The Labute approximate surface area is 190 Å². The number of fused-ring (bicyclic) bond motifs is 2. The second kappa shape index (κ2) is 7.05. The Morgan fingerprint density at radius 3 is 2.85 bits per heavy atom. The molecule has 4 aliphatic heterocycles. The molecule has 2 aromatic rings. The zero-order valence-corrected chi connectivity index (χ0v) is 18.3.